The van der Waals surface area contributed by atoms with Gasteiger partial charge in [0.2, 0.25) is 5.91 Å². The maximum atomic E-state index is 12.8. The second kappa shape index (κ2) is 38.0. The van der Waals surface area contributed by atoms with Gasteiger partial charge < -0.3 is 46.8 Å². The number of thioether (sulfide) groups is 1. The number of amides is 3. The monoisotopic (exact) mass is 878 g/mol. The van der Waals surface area contributed by atoms with Gasteiger partial charge in [-0.05, 0) is 38.8 Å². The number of nitrogens with zero attached hydrogens (tertiary/aromatic N) is 4. The smallest absolute Gasteiger partial charge is 0.317 e. The lowest BCUT2D eigenvalue weighted by molar-refractivity contribution is -0.140. The number of alkyl halides is 2. The van der Waals surface area contributed by atoms with Gasteiger partial charge in [0.15, 0.2) is 0 Å². The molecule has 3 aliphatic rings. The number of nitrogens with one attached hydrogen (secondary N) is 4. The van der Waals surface area contributed by atoms with Gasteiger partial charge in [-0.3, -0.25) is 38.8 Å². The van der Waals surface area contributed by atoms with Gasteiger partial charge in [-0.15, -0.1) is 23.2 Å². The van der Waals surface area contributed by atoms with Crippen molar-refractivity contribution in [2.24, 2.45) is 0 Å². The third kappa shape index (κ3) is 28.8. The topological polar surface area (TPSA) is 248 Å². The second-order valence-corrected chi connectivity index (χ2v) is 14.5. The first-order chi connectivity index (χ1) is 27.6. The average Bonchev–Trinajstić information content (AvgIpc) is 3.76. The fraction of sp³-hybridized carbons (Fsp3) is 0.861. The first-order valence-corrected chi connectivity index (χ1v) is 22.0. The van der Waals surface area contributed by atoms with Crippen molar-refractivity contribution in [1.29, 1.82) is 0 Å². The minimum Gasteiger partial charge on any atom is -0.480 e. The molecule has 0 saturated carbocycles. The number of urea groups is 1. The molecule has 0 aliphatic carbocycles. The Kier molecular flexibility index (Phi) is 38.0. The van der Waals surface area contributed by atoms with Crippen molar-refractivity contribution in [3.05, 3.63) is 0 Å². The molecule has 0 aromatic carbocycles. The number of hydrogen-bond donors (Lipinski definition) is 9. The normalized spacial score (nSPS) is 20.4. The van der Waals surface area contributed by atoms with Gasteiger partial charge in [0.25, 0.3) is 0 Å². The fourth-order valence-electron chi connectivity index (χ4n) is 6.54. The van der Waals surface area contributed by atoms with Crippen molar-refractivity contribution in [2.75, 3.05) is 131 Å². The van der Waals surface area contributed by atoms with Gasteiger partial charge in [-0.2, -0.15) is 11.8 Å². The van der Waals surface area contributed by atoms with E-state index in [1.165, 1.54) is 25.6 Å². The summed E-state index contributed by atoms with van der Waals surface area (Å²) in [4.78, 5) is 65.7. The van der Waals surface area contributed by atoms with Crippen LogP contribution in [-0.2, 0) is 19.2 Å². The van der Waals surface area contributed by atoms with E-state index < -0.39 is 17.9 Å². The molecule has 3 amide bonds. The van der Waals surface area contributed by atoms with Crippen LogP contribution >= 0.6 is 35.0 Å². The van der Waals surface area contributed by atoms with Crippen LogP contribution in [0.15, 0.2) is 0 Å². The van der Waals surface area contributed by atoms with Crippen molar-refractivity contribution in [3.63, 3.8) is 0 Å². The van der Waals surface area contributed by atoms with Crippen LogP contribution in [0.2, 0.25) is 0 Å². The highest BCUT2D eigenvalue weighted by molar-refractivity contribution is 8.00. The van der Waals surface area contributed by atoms with E-state index in [1.54, 1.807) is 14.7 Å². The number of aliphatic hydroxyl groups excluding tert-OH is 2. The lowest BCUT2D eigenvalue weighted by Crippen LogP contribution is -2.49. The Labute approximate surface area is 353 Å². The lowest BCUT2D eigenvalue weighted by Gasteiger charge is -2.32. The van der Waals surface area contributed by atoms with E-state index in [0.29, 0.717) is 70.2 Å². The zero-order valence-electron chi connectivity index (χ0n) is 34.4. The molecule has 3 fully saturated rings. The molecule has 3 heterocycles. The van der Waals surface area contributed by atoms with Gasteiger partial charge >= 0.3 is 23.9 Å². The van der Waals surface area contributed by atoms with Crippen LogP contribution < -0.4 is 21.3 Å². The zero-order chi connectivity index (χ0) is 43.4. The highest BCUT2D eigenvalue weighted by Gasteiger charge is 2.42. The average molecular weight is 880 g/mol. The van der Waals surface area contributed by atoms with Crippen molar-refractivity contribution in [2.45, 2.75) is 68.7 Å². The van der Waals surface area contributed by atoms with Gasteiger partial charge in [-0.1, -0.05) is 25.7 Å². The third-order valence-corrected chi connectivity index (χ3v) is 10.8. The van der Waals surface area contributed by atoms with Crippen LogP contribution in [0.1, 0.15) is 51.4 Å². The molecule has 3 rings (SSSR count). The van der Waals surface area contributed by atoms with Crippen LogP contribution in [-0.4, -0.2) is 223 Å². The minimum absolute atomic E-state index is 0.0244. The second-order valence-electron chi connectivity index (χ2n) is 13.3. The summed E-state index contributed by atoms with van der Waals surface area (Å²) in [6.07, 6.45) is 11.7. The Morgan fingerprint density at radius 1 is 0.614 bits per heavy atom. The molecule has 0 radical (unpaired) electrons. The Morgan fingerprint density at radius 3 is 1.42 bits per heavy atom. The first-order valence-electron chi connectivity index (χ1n) is 19.4. The predicted octanol–water partition coefficient (Wildman–Crippen LogP) is 0.381. The lowest BCUT2D eigenvalue weighted by atomic mass is 10.0. The molecular formula is C36H72Cl2N8O10S. The maximum Gasteiger partial charge on any atom is 0.317 e. The van der Waals surface area contributed by atoms with Crippen LogP contribution in [0.25, 0.3) is 0 Å². The summed E-state index contributed by atoms with van der Waals surface area (Å²) < 4.78 is 0. The fourth-order valence-corrected chi connectivity index (χ4v) is 8.08. The highest BCUT2D eigenvalue weighted by Crippen LogP contribution is 2.33. The molecule has 18 nitrogen and oxygen atoms in total. The Balaban J connectivity index is 0. The summed E-state index contributed by atoms with van der Waals surface area (Å²) in [5.41, 5.74) is 0. The molecule has 3 aliphatic heterocycles. The highest BCUT2D eigenvalue weighted by atomic mass is 35.5. The SMILES string of the molecule is CCl.CCl.CO.CO.O=C(O)CN1CCN(CC(=O)O)CCN(CC(=O)NCCCCCCNCCCCC[C@@H]2SCC3NC(=O)N[C@@H]32)CCN(CC(=O)O)CC1. The van der Waals surface area contributed by atoms with E-state index in [9.17, 15) is 39.3 Å². The van der Waals surface area contributed by atoms with E-state index >= 15 is 0 Å². The number of carboxylic acid groups (broad SMARTS) is 3. The summed E-state index contributed by atoms with van der Waals surface area (Å²) in [5, 5.41) is 55.2. The number of hydrogen-bond acceptors (Lipinski definition) is 13. The van der Waals surface area contributed by atoms with E-state index in [0.717, 1.165) is 71.6 Å². The Morgan fingerprint density at radius 2 is 1.00 bits per heavy atom. The molecule has 0 aromatic heterocycles. The van der Waals surface area contributed by atoms with E-state index in [-0.39, 0.29) is 44.2 Å². The molecule has 21 heteroatoms. The van der Waals surface area contributed by atoms with Gasteiger partial charge in [0, 0.05) is 96.9 Å². The molecule has 1 unspecified atom stereocenters. The molecule has 57 heavy (non-hydrogen) atoms. The molecule has 3 saturated heterocycles. The molecule has 336 valence electrons. The van der Waals surface area contributed by atoms with Crippen molar-refractivity contribution >= 4 is 64.8 Å². The number of unbranched alkanes of at least 4 members (excludes halogenated alkanes) is 5. The third-order valence-electron chi connectivity index (χ3n) is 9.26. The van der Waals surface area contributed by atoms with Crippen LogP contribution in [0.5, 0.6) is 0 Å². The van der Waals surface area contributed by atoms with Crippen LogP contribution in [0.4, 0.5) is 4.79 Å². The molecule has 0 aromatic rings. The predicted molar refractivity (Wildman–Crippen MR) is 227 cm³/mol. The summed E-state index contributed by atoms with van der Waals surface area (Å²) >= 11 is 11.2. The molecule has 9 N–H and O–H groups in total. The first kappa shape index (κ1) is 56.9. The Bertz CT molecular complexity index is 1050. The molecule has 0 spiro atoms. The Hall–Kier alpha value is -2.20. The number of fused-ring (bicyclic) bond motifs is 1. The van der Waals surface area contributed by atoms with Crippen molar-refractivity contribution in [3.8, 4) is 0 Å². The number of aliphatic hydroxyl groups is 2. The summed E-state index contributed by atoms with van der Waals surface area (Å²) in [7, 11) is 2.00. The quantitative estimate of drug-likeness (QED) is 0.0430. The zero-order valence-corrected chi connectivity index (χ0v) is 36.8. The van der Waals surface area contributed by atoms with E-state index in [2.05, 4.69) is 44.5 Å². The number of halogens is 2. The standard InChI is InChI=1S/C32H58N8O8S.2CH3Cl.2CH4O/c41-27(34-11-7-2-1-5-9-33-10-6-3-4-8-26-31-25(24-49-26)35-32(48)36-31)20-37-12-14-38(21-28(42)43)16-18-40(23-30(46)47)19-17-39(15-13-37)22-29(44)45;4*1-2/h25-26,31,33H,1-24H2,(H,34,41)(H,42,43)(H,44,45)(H,46,47)(H2,35,36,48);2*1H3;2*2H,1H3/t25?,26-,31-;;;;/m0..../s1. The van der Waals surface area contributed by atoms with Crippen LogP contribution in [0, 0.1) is 0 Å². The summed E-state index contributed by atoms with van der Waals surface area (Å²) in [6.45, 7) is 5.07. The van der Waals surface area contributed by atoms with Crippen molar-refractivity contribution < 1.29 is 49.5 Å². The largest absolute Gasteiger partial charge is 0.480 e. The number of carbonyl (C=O) groups is 5. The molecular weight excluding hydrogens is 807 g/mol. The maximum absolute atomic E-state index is 12.8. The minimum atomic E-state index is -0.998. The van der Waals surface area contributed by atoms with Gasteiger partial charge in [0.05, 0.1) is 38.3 Å². The van der Waals surface area contributed by atoms with Crippen LogP contribution in [0.3, 0.4) is 0 Å². The van der Waals surface area contributed by atoms with Gasteiger partial charge in [-0.25, -0.2) is 4.79 Å². The van der Waals surface area contributed by atoms with Crippen molar-refractivity contribution in [1.82, 2.24) is 40.9 Å². The summed E-state index contributed by atoms with van der Waals surface area (Å²) in [5.74, 6) is -2.07. The van der Waals surface area contributed by atoms with E-state index in [1.807, 2.05) is 16.7 Å². The van der Waals surface area contributed by atoms with Gasteiger partial charge in [0.1, 0.15) is 0 Å². The summed E-state index contributed by atoms with van der Waals surface area (Å²) in [6, 6.07) is 0.557. The van der Waals surface area contributed by atoms with E-state index in [4.69, 9.17) is 10.2 Å². The number of carbonyl (C=O) groups excluding carboxylic acids is 2. The molecule has 0 bridgehead atoms. The number of carboxylic acids is 3. The number of aliphatic carboxylic acids is 3. The number of rotatable bonds is 21. The molecule has 3 atom stereocenters.